The fourth-order valence-electron chi connectivity index (χ4n) is 7.08. The average Bonchev–Trinajstić information content (AvgIpc) is 3.40. The number of allylic oxidation sites excluding steroid dienone is 1. The average molecular weight is 747 g/mol. The van der Waals surface area contributed by atoms with Crippen LogP contribution >= 0.6 is 11.6 Å². The fraction of sp³-hybridized carbons (Fsp3) is 0.487. The summed E-state index contributed by atoms with van der Waals surface area (Å²) in [6.07, 6.45) is 6.80. The number of carbonyl (C=O) groups is 4. The van der Waals surface area contributed by atoms with Crippen molar-refractivity contribution in [2.75, 3.05) is 13.2 Å². The van der Waals surface area contributed by atoms with Gasteiger partial charge in [0.1, 0.15) is 40.4 Å². The zero-order valence-electron chi connectivity index (χ0n) is 30.5. The molecule has 2 fully saturated rings. The van der Waals surface area contributed by atoms with E-state index in [-0.39, 0.29) is 25.3 Å². The highest BCUT2D eigenvalue weighted by Crippen LogP contribution is 2.46. The number of amides is 3. The van der Waals surface area contributed by atoms with E-state index in [1.165, 1.54) is 9.70 Å². The summed E-state index contributed by atoms with van der Waals surface area (Å²) < 4.78 is 11.2. The van der Waals surface area contributed by atoms with Crippen LogP contribution < -0.4 is 15.4 Å². The fourth-order valence-corrected chi connectivity index (χ4v) is 7.27. The Hall–Kier alpha value is -4.91. The first-order valence-corrected chi connectivity index (χ1v) is 18.6. The van der Waals surface area contributed by atoms with Gasteiger partial charge in [-0.15, -0.1) is 0 Å². The molecule has 6 rings (SSSR count). The van der Waals surface area contributed by atoms with Gasteiger partial charge in [-0.3, -0.25) is 9.59 Å². The molecule has 13 nitrogen and oxygen atoms in total. The van der Waals surface area contributed by atoms with Gasteiger partial charge in [-0.05, 0) is 89.8 Å². The number of benzene rings is 2. The Morgan fingerprint density at radius 1 is 1.06 bits per heavy atom. The van der Waals surface area contributed by atoms with Crippen molar-refractivity contribution in [3.63, 3.8) is 0 Å². The molecule has 3 heterocycles. The number of alkyl carbamates (subject to hydrolysis) is 1. The molecular weight excluding hydrogens is 700 g/mol. The topological polar surface area (TPSA) is 165 Å². The zero-order chi connectivity index (χ0) is 37.9. The Balaban J connectivity index is 1.37. The monoisotopic (exact) mass is 746 g/mol. The van der Waals surface area contributed by atoms with Crippen LogP contribution in [0.25, 0.3) is 22.5 Å². The highest BCUT2D eigenvalue weighted by atomic mass is 35.5. The predicted octanol–water partition coefficient (Wildman–Crippen LogP) is 6.18. The molecule has 2 aromatic carbocycles. The minimum atomic E-state index is -1.46. The molecule has 4 unspecified atom stereocenters. The summed E-state index contributed by atoms with van der Waals surface area (Å²) in [6.45, 7) is 7.69. The molecule has 0 spiro atoms. The van der Waals surface area contributed by atoms with Gasteiger partial charge in [-0.1, -0.05) is 48.7 Å². The number of nitrogens with one attached hydrogen (secondary N) is 2. The lowest BCUT2D eigenvalue weighted by molar-refractivity contribution is -0.145. The van der Waals surface area contributed by atoms with E-state index >= 15 is 0 Å². The van der Waals surface area contributed by atoms with Crippen molar-refractivity contribution >= 4 is 35.5 Å². The Bertz CT molecular complexity index is 1870. The summed E-state index contributed by atoms with van der Waals surface area (Å²) in [5.74, 6) is -1.82. The summed E-state index contributed by atoms with van der Waals surface area (Å²) >= 11 is 6.40. The Morgan fingerprint density at radius 3 is 2.47 bits per heavy atom. The van der Waals surface area contributed by atoms with E-state index in [2.05, 4.69) is 10.6 Å². The van der Waals surface area contributed by atoms with Crippen molar-refractivity contribution in [3.8, 4) is 28.3 Å². The van der Waals surface area contributed by atoms with Gasteiger partial charge in [0.2, 0.25) is 11.8 Å². The Kier molecular flexibility index (Phi) is 11.1. The summed E-state index contributed by atoms with van der Waals surface area (Å²) in [7, 11) is 0. The molecule has 2 aliphatic heterocycles. The summed E-state index contributed by atoms with van der Waals surface area (Å²) in [4.78, 5) is 57.2. The number of carboxylic acids is 1. The first-order chi connectivity index (χ1) is 25.3. The van der Waals surface area contributed by atoms with Crippen molar-refractivity contribution in [1.82, 2.24) is 30.5 Å². The zero-order valence-corrected chi connectivity index (χ0v) is 31.3. The van der Waals surface area contributed by atoms with E-state index < -0.39 is 53.1 Å². The molecule has 1 saturated heterocycles. The van der Waals surface area contributed by atoms with E-state index in [0.29, 0.717) is 41.6 Å². The van der Waals surface area contributed by atoms with Crippen molar-refractivity contribution in [1.29, 1.82) is 0 Å². The van der Waals surface area contributed by atoms with Crippen LogP contribution in [-0.2, 0) is 19.1 Å². The largest absolute Gasteiger partial charge is 0.494 e. The molecule has 1 aromatic heterocycles. The first kappa shape index (κ1) is 37.8. The number of rotatable bonds is 7. The number of carboxylic acid groups (broad SMARTS) is 1. The van der Waals surface area contributed by atoms with Gasteiger partial charge in [-0.2, -0.15) is 15.0 Å². The van der Waals surface area contributed by atoms with Gasteiger partial charge in [0.25, 0.3) is 0 Å². The minimum Gasteiger partial charge on any atom is -0.494 e. The molecule has 14 heteroatoms. The lowest BCUT2D eigenvalue weighted by atomic mass is 10.0. The van der Waals surface area contributed by atoms with Gasteiger partial charge in [-0.25, -0.2) is 9.59 Å². The number of fused-ring (bicyclic) bond motifs is 2. The van der Waals surface area contributed by atoms with Crippen LogP contribution in [0.3, 0.4) is 0 Å². The highest BCUT2D eigenvalue weighted by molar-refractivity contribution is 6.30. The lowest BCUT2D eigenvalue weighted by Gasteiger charge is -2.30. The molecule has 3 amide bonds. The molecule has 53 heavy (non-hydrogen) atoms. The molecule has 1 saturated carbocycles. The summed E-state index contributed by atoms with van der Waals surface area (Å²) in [5, 5.41) is 26.2. The van der Waals surface area contributed by atoms with Crippen molar-refractivity contribution in [2.45, 2.75) is 102 Å². The van der Waals surface area contributed by atoms with Gasteiger partial charge in [0, 0.05) is 35.0 Å². The third-order valence-electron chi connectivity index (χ3n) is 9.82. The normalized spacial score (nSPS) is 25.6. The standard InChI is InChI=1S/C39H47ClN6O7/c1-5-52-29-18-16-24(17-19-29)32-33(25-12-11-14-27(40)20-25)44-46(43-32)28-21-31-34(47)42-39(36(49)50)22-26(39)13-9-7-6-8-10-15-30(35(48)45(31)23-28)41-37(51)53-38(2,3)4/h9,11-14,16-20,26,28,30-31H,5-8,10,15,21-23H2,1-4H3,(H,41,51)(H,42,47)(H,49,50)/b13-9-/t26?,28-,30?,31?,39?/m1/s1. The molecule has 0 radical (unpaired) electrons. The van der Waals surface area contributed by atoms with E-state index in [9.17, 15) is 24.3 Å². The van der Waals surface area contributed by atoms with Crippen LogP contribution in [-0.4, -0.2) is 85.3 Å². The maximum absolute atomic E-state index is 14.5. The van der Waals surface area contributed by atoms with Crippen LogP contribution in [0.2, 0.25) is 5.02 Å². The van der Waals surface area contributed by atoms with Crippen molar-refractivity contribution in [3.05, 3.63) is 65.7 Å². The molecule has 0 bridgehead atoms. The second-order valence-electron chi connectivity index (χ2n) is 14.9. The SMILES string of the molecule is CCOc1ccc(-c2nn([C@@H]3CC4C(=O)NC5(C(=O)O)CC5/C=C\CCCCCC(NC(=O)OC(C)(C)C)C(=O)N4C3)nc2-c2cccc(Cl)c2)cc1. The van der Waals surface area contributed by atoms with Gasteiger partial charge >= 0.3 is 12.1 Å². The number of carbonyl (C=O) groups excluding carboxylic acids is 3. The highest BCUT2D eigenvalue weighted by Gasteiger charge is 2.61. The third kappa shape index (κ3) is 8.67. The summed E-state index contributed by atoms with van der Waals surface area (Å²) in [5.41, 5.74) is 0.372. The van der Waals surface area contributed by atoms with Gasteiger partial charge in [0.05, 0.1) is 12.6 Å². The number of hydrogen-bond donors (Lipinski definition) is 3. The van der Waals surface area contributed by atoms with Gasteiger partial charge in [0.15, 0.2) is 0 Å². The van der Waals surface area contributed by atoms with E-state index in [1.807, 2.05) is 55.5 Å². The van der Waals surface area contributed by atoms with Crippen LogP contribution in [0, 0.1) is 5.92 Å². The maximum atomic E-state index is 14.5. The first-order valence-electron chi connectivity index (χ1n) is 18.3. The number of ether oxygens (including phenoxy) is 2. The minimum absolute atomic E-state index is 0.0409. The predicted molar refractivity (Wildman–Crippen MR) is 198 cm³/mol. The van der Waals surface area contributed by atoms with Crippen LogP contribution in [0.5, 0.6) is 5.75 Å². The Labute approximate surface area is 314 Å². The number of aliphatic carboxylic acids is 1. The number of halogens is 1. The molecule has 5 atom stereocenters. The molecule has 3 aliphatic rings. The maximum Gasteiger partial charge on any atom is 0.408 e. The van der Waals surface area contributed by atoms with Crippen LogP contribution in [0.15, 0.2) is 60.7 Å². The number of nitrogens with zero attached hydrogens (tertiary/aromatic N) is 4. The molecule has 3 N–H and O–H groups in total. The van der Waals surface area contributed by atoms with Crippen molar-refractivity contribution < 1.29 is 33.8 Å². The molecule has 3 aromatic rings. The Morgan fingerprint density at radius 2 is 1.79 bits per heavy atom. The second kappa shape index (κ2) is 15.6. The van der Waals surface area contributed by atoms with Crippen LogP contribution in [0.4, 0.5) is 4.79 Å². The number of aromatic nitrogens is 3. The lowest BCUT2D eigenvalue weighted by Crippen LogP contribution is -2.56. The second-order valence-corrected chi connectivity index (χ2v) is 15.4. The van der Waals surface area contributed by atoms with E-state index in [1.54, 1.807) is 32.9 Å². The quantitative estimate of drug-likeness (QED) is 0.240. The molecular formula is C39H47ClN6O7. The molecule has 282 valence electrons. The molecule has 1 aliphatic carbocycles. The van der Waals surface area contributed by atoms with Crippen LogP contribution in [0.1, 0.15) is 78.7 Å². The van der Waals surface area contributed by atoms with Gasteiger partial charge < -0.3 is 30.1 Å². The van der Waals surface area contributed by atoms with Crippen molar-refractivity contribution in [2.24, 2.45) is 5.92 Å². The number of hydrogen-bond acceptors (Lipinski definition) is 8. The van der Waals surface area contributed by atoms with E-state index in [0.717, 1.165) is 30.4 Å². The van der Waals surface area contributed by atoms with E-state index in [4.69, 9.17) is 31.3 Å². The summed E-state index contributed by atoms with van der Waals surface area (Å²) in [6, 6.07) is 12.1. The smallest absolute Gasteiger partial charge is 0.408 e. The third-order valence-corrected chi connectivity index (χ3v) is 10.1.